The number of carbonyl (C=O) groups excluding carboxylic acids is 1. The monoisotopic (exact) mass is 336 g/mol. The molecule has 0 unspecified atom stereocenters. The third kappa shape index (κ3) is 3.99. The van der Waals surface area contributed by atoms with Crippen LogP contribution in [0, 0.1) is 6.92 Å². The number of halogens is 2. The summed E-state index contributed by atoms with van der Waals surface area (Å²) in [4.78, 5) is 18.1. The molecule has 1 aromatic rings. The fourth-order valence-electron chi connectivity index (χ4n) is 2.23. The molecule has 0 N–H and O–H groups in total. The molecule has 0 radical (unpaired) electrons. The van der Waals surface area contributed by atoms with Crippen LogP contribution in [0.2, 0.25) is 0 Å². The van der Waals surface area contributed by atoms with E-state index < -0.39 is 0 Å². The van der Waals surface area contributed by atoms with Gasteiger partial charge in [0.05, 0.1) is 16.4 Å². The Morgan fingerprint density at radius 1 is 1.27 bits per heavy atom. The number of aliphatic imine (C=N–C) groups is 1. The van der Waals surface area contributed by atoms with Crippen LogP contribution in [0.1, 0.15) is 12.5 Å². The third-order valence-electron chi connectivity index (χ3n) is 3.45. The molecule has 0 aromatic heterocycles. The quantitative estimate of drug-likeness (QED) is 0.589. The summed E-state index contributed by atoms with van der Waals surface area (Å²) in [5.74, 6) is 0.409. The van der Waals surface area contributed by atoms with Crippen molar-refractivity contribution < 1.29 is 4.79 Å². The molecule has 3 nitrogen and oxygen atoms in total. The Labute approximate surface area is 140 Å². The first kappa shape index (κ1) is 16.8. The fourth-order valence-corrected chi connectivity index (χ4v) is 2.61. The van der Waals surface area contributed by atoms with Crippen LogP contribution >= 0.6 is 23.2 Å². The standard InChI is InChI=1S/C17H18Cl2N2O/c1-3-21(9-8-18)14-5-6-16(12(2)10-14)20-13-4-7-17(22)15(19)11-13/h4-7,10-11H,3,8-9H2,1-2H3. The summed E-state index contributed by atoms with van der Waals surface area (Å²) in [6, 6.07) is 6.10. The molecule has 1 aliphatic rings. The molecule has 0 saturated carbocycles. The average Bonchev–Trinajstić information content (AvgIpc) is 2.50. The number of hydrogen-bond acceptors (Lipinski definition) is 3. The third-order valence-corrected chi connectivity index (χ3v) is 3.91. The number of anilines is 1. The Kier molecular flexibility index (Phi) is 5.81. The van der Waals surface area contributed by atoms with Crippen molar-refractivity contribution in [3.8, 4) is 0 Å². The first-order chi connectivity index (χ1) is 10.5. The number of nitrogens with zero attached hydrogens (tertiary/aromatic N) is 2. The van der Waals surface area contributed by atoms with E-state index in [1.54, 1.807) is 12.2 Å². The van der Waals surface area contributed by atoms with Gasteiger partial charge < -0.3 is 4.90 Å². The molecule has 1 aromatic carbocycles. The summed E-state index contributed by atoms with van der Waals surface area (Å²) in [7, 11) is 0. The minimum absolute atomic E-state index is 0.188. The van der Waals surface area contributed by atoms with Crippen LogP contribution in [0.25, 0.3) is 0 Å². The fraction of sp³-hybridized carbons (Fsp3) is 0.294. The van der Waals surface area contributed by atoms with Crippen molar-refractivity contribution >= 4 is 46.1 Å². The average molecular weight is 337 g/mol. The van der Waals surface area contributed by atoms with Crippen molar-refractivity contribution in [2.24, 2.45) is 4.99 Å². The first-order valence-electron chi connectivity index (χ1n) is 7.15. The van der Waals surface area contributed by atoms with Crippen LogP contribution in [0.15, 0.2) is 46.5 Å². The van der Waals surface area contributed by atoms with E-state index in [4.69, 9.17) is 23.2 Å². The molecule has 0 spiro atoms. The summed E-state index contributed by atoms with van der Waals surface area (Å²) >= 11 is 11.7. The summed E-state index contributed by atoms with van der Waals surface area (Å²) in [5.41, 5.74) is 3.73. The van der Waals surface area contributed by atoms with Gasteiger partial charge in [0.2, 0.25) is 0 Å². The first-order valence-corrected chi connectivity index (χ1v) is 8.06. The van der Waals surface area contributed by atoms with E-state index in [1.807, 2.05) is 19.1 Å². The van der Waals surface area contributed by atoms with Crippen LogP contribution in [0.4, 0.5) is 11.4 Å². The van der Waals surface area contributed by atoms with Crippen LogP contribution in [-0.4, -0.2) is 30.5 Å². The van der Waals surface area contributed by atoms with Gasteiger partial charge in [-0.3, -0.25) is 4.79 Å². The maximum absolute atomic E-state index is 11.3. The summed E-state index contributed by atoms with van der Waals surface area (Å²) < 4.78 is 0. The van der Waals surface area contributed by atoms with E-state index in [-0.39, 0.29) is 10.8 Å². The van der Waals surface area contributed by atoms with Gasteiger partial charge in [-0.15, -0.1) is 11.6 Å². The highest BCUT2D eigenvalue weighted by atomic mass is 35.5. The molecule has 116 valence electrons. The lowest BCUT2D eigenvalue weighted by atomic mass is 10.1. The highest BCUT2D eigenvalue weighted by Gasteiger charge is 2.10. The van der Waals surface area contributed by atoms with E-state index in [0.717, 1.165) is 30.0 Å². The van der Waals surface area contributed by atoms with E-state index in [9.17, 15) is 4.79 Å². The number of benzene rings is 1. The van der Waals surface area contributed by atoms with Crippen molar-refractivity contribution in [1.82, 2.24) is 0 Å². The van der Waals surface area contributed by atoms with Gasteiger partial charge in [0.15, 0.2) is 5.78 Å². The van der Waals surface area contributed by atoms with Gasteiger partial charge in [0.25, 0.3) is 0 Å². The highest BCUT2D eigenvalue weighted by molar-refractivity contribution is 6.47. The molecule has 0 saturated heterocycles. The molecule has 0 amide bonds. The van der Waals surface area contributed by atoms with Crippen molar-refractivity contribution in [1.29, 1.82) is 0 Å². The molecule has 2 rings (SSSR count). The van der Waals surface area contributed by atoms with Gasteiger partial charge in [-0.2, -0.15) is 0 Å². The molecular formula is C17H18Cl2N2O. The van der Waals surface area contributed by atoms with Gasteiger partial charge >= 0.3 is 0 Å². The number of allylic oxidation sites excluding steroid dienone is 4. The van der Waals surface area contributed by atoms with E-state index in [2.05, 4.69) is 22.9 Å². The normalized spacial score (nSPS) is 16.1. The van der Waals surface area contributed by atoms with Crippen LogP contribution < -0.4 is 4.90 Å². The number of alkyl halides is 1. The summed E-state index contributed by atoms with van der Waals surface area (Å²) in [5, 5.41) is 0.190. The van der Waals surface area contributed by atoms with E-state index >= 15 is 0 Å². The van der Waals surface area contributed by atoms with E-state index in [1.165, 1.54) is 6.08 Å². The molecule has 0 bridgehead atoms. The predicted octanol–water partition coefficient (Wildman–Crippen LogP) is 4.39. The topological polar surface area (TPSA) is 32.7 Å². The zero-order valence-corrected chi connectivity index (χ0v) is 14.2. The smallest absolute Gasteiger partial charge is 0.197 e. The van der Waals surface area contributed by atoms with Crippen molar-refractivity contribution in [3.05, 3.63) is 47.0 Å². The second kappa shape index (κ2) is 7.61. The Hall–Kier alpha value is -1.58. The Bertz CT molecular complexity index is 663. The molecule has 0 atom stereocenters. The van der Waals surface area contributed by atoms with Gasteiger partial charge in [-0.05, 0) is 55.8 Å². The van der Waals surface area contributed by atoms with Crippen LogP contribution in [0.5, 0.6) is 0 Å². The largest absolute Gasteiger partial charge is 0.371 e. The lowest BCUT2D eigenvalue weighted by Crippen LogP contribution is -2.24. The Balaban J connectivity index is 2.27. The SMILES string of the molecule is CCN(CCCl)c1ccc(N=C2C=CC(=O)C(Cl)=C2)c(C)c1. The molecule has 5 heteroatoms. The summed E-state index contributed by atoms with van der Waals surface area (Å²) in [6.07, 6.45) is 4.70. The molecule has 0 aliphatic heterocycles. The maximum Gasteiger partial charge on any atom is 0.197 e. The minimum atomic E-state index is -0.188. The van der Waals surface area contributed by atoms with Gasteiger partial charge in [-0.25, -0.2) is 4.99 Å². The van der Waals surface area contributed by atoms with Crippen LogP contribution in [0.3, 0.4) is 0 Å². The number of aryl methyl sites for hydroxylation is 1. The zero-order chi connectivity index (χ0) is 16.1. The van der Waals surface area contributed by atoms with Crippen molar-refractivity contribution in [2.75, 3.05) is 23.9 Å². The molecule has 1 aliphatic carbocycles. The maximum atomic E-state index is 11.3. The predicted molar refractivity (Wildman–Crippen MR) is 95.0 cm³/mol. The molecular weight excluding hydrogens is 319 g/mol. The number of hydrogen-bond donors (Lipinski definition) is 0. The van der Waals surface area contributed by atoms with Gasteiger partial charge in [-0.1, -0.05) is 11.6 Å². The van der Waals surface area contributed by atoms with Gasteiger partial charge in [0, 0.05) is 24.7 Å². The lowest BCUT2D eigenvalue weighted by molar-refractivity contribution is -0.110. The Morgan fingerprint density at radius 2 is 2.05 bits per heavy atom. The van der Waals surface area contributed by atoms with Crippen molar-refractivity contribution in [2.45, 2.75) is 13.8 Å². The summed E-state index contributed by atoms with van der Waals surface area (Å²) in [6.45, 7) is 5.84. The minimum Gasteiger partial charge on any atom is -0.371 e. The van der Waals surface area contributed by atoms with Gasteiger partial charge in [0.1, 0.15) is 0 Å². The molecule has 22 heavy (non-hydrogen) atoms. The number of rotatable bonds is 5. The Morgan fingerprint density at radius 3 is 2.64 bits per heavy atom. The lowest BCUT2D eigenvalue weighted by Gasteiger charge is -2.22. The van der Waals surface area contributed by atoms with Crippen LogP contribution in [-0.2, 0) is 4.79 Å². The number of carbonyl (C=O) groups is 1. The molecule has 0 fully saturated rings. The number of ketones is 1. The molecule has 0 heterocycles. The van der Waals surface area contributed by atoms with E-state index in [0.29, 0.717) is 11.6 Å². The second-order valence-corrected chi connectivity index (χ2v) is 5.75. The highest BCUT2D eigenvalue weighted by Crippen LogP contribution is 2.26. The second-order valence-electron chi connectivity index (χ2n) is 4.97. The van der Waals surface area contributed by atoms with Crippen molar-refractivity contribution in [3.63, 3.8) is 0 Å². The zero-order valence-electron chi connectivity index (χ0n) is 12.6.